The van der Waals surface area contributed by atoms with Gasteiger partial charge in [-0.25, -0.2) is 15.1 Å². The summed E-state index contributed by atoms with van der Waals surface area (Å²) in [5, 5.41) is 8.38. The normalized spacial score (nSPS) is 21.4. The van der Waals surface area contributed by atoms with Gasteiger partial charge in [-0.3, -0.25) is 9.59 Å². The minimum atomic E-state index is -4.81. The molecule has 9 nitrogen and oxygen atoms in total. The molecule has 0 bridgehead atoms. The summed E-state index contributed by atoms with van der Waals surface area (Å²) in [5.41, 5.74) is -3.61. The Morgan fingerprint density at radius 2 is 1.67 bits per heavy atom. The van der Waals surface area contributed by atoms with E-state index in [1.165, 1.54) is 0 Å². The highest BCUT2D eigenvalue weighted by molar-refractivity contribution is 5.79. The molecule has 0 spiro atoms. The Kier molecular flexibility index (Phi) is 7.09. The lowest BCUT2D eigenvalue weighted by Crippen LogP contribution is -2.51. The first kappa shape index (κ1) is 25.7. The number of piperazine rings is 1. The first-order chi connectivity index (χ1) is 16.9. The van der Waals surface area contributed by atoms with Crippen LogP contribution in [0.4, 0.5) is 38.1 Å². The molecule has 4 rings (SSSR count). The van der Waals surface area contributed by atoms with Crippen molar-refractivity contribution < 1.29 is 31.1 Å². The monoisotopic (exact) mass is 519 g/mol. The third-order valence-corrected chi connectivity index (χ3v) is 6.32. The number of amides is 1. The molecule has 3 heterocycles. The summed E-state index contributed by atoms with van der Waals surface area (Å²) < 4.78 is 77.1. The van der Waals surface area contributed by atoms with Crippen molar-refractivity contribution in [3.8, 4) is 0 Å². The van der Waals surface area contributed by atoms with Crippen LogP contribution in [0.25, 0.3) is 0 Å². The lowest BCUT2D eigenvalue weighted by molar-refractivity contribution is -0.139. The third-order valence-electron chi connectivity index (χ3n) is 6.32. The van der Waals surface area contributed by atoms with E-state index in [4.69, 9.17) is 0 Å². The zero-order valence-electron chi connectivity index (χ0n) is 18.9. The Balaban J connectivity index is 1.32. The minimum Gasteiger partial charge on any atom is -0.366 e. The van der Waals surface area contributed by atoms with Crippen LogP contribution in [-0.4, -0.2) is 63.2 Å². The fraction of sp³-hybridized carbons (Fsp3) is 0.571. The molecule has 1 saturated carbocycles. The van der Waals surface area contributed by atoms with E-state index in [1.807, 2.05) is 5.10 Å². The van der Waals surface area contributed by atoms with E-state index in [2.05, 4.69) is 20.4 Å². The van der Waals surface area contributed by atoms with Crippen LogP contribution >= 0.6 is 0 Å². The number of nitrogens with one attached hydrogen (secondary N) is 2. The van der Waals surface area contributed by atoms with Gasteiger partial charge in [-0.05, 0) is 19.3 Å². The van der Waals surface area contributed by atoms with Crippen LogP contribution in [0.1, 0.15) is 36.8 Å². The molecule has 2 N–H and O–H groups in total. The van der Waals surface area contributed by atoms with Crippen molar-refractivity contribution >= 4 is 17.7 Å². The number of rotatable bonds is 4. The molecule has 1 amide bonds. The van der Waals surface area contributed by atoms with Crippen molar-refractivity contribution in [2.75, 3.05) is 36.4 Å². The van der Waals surface area contributed by atoms with Gasteiger partial charge in [0.2, 0.25) is 11.9 Å². The maximum Gasteiger partial charge on any atom is 0.421 e. The highest BCUT2D eigenvalue weighted by Crippen LogP contribution is 2.31. The standard InChI is InChI=1S/C21H23F6N7O2/c22-20(23,24)13-10-28-19(29-11-13)34-6-4-33(5-7-34)18(36)12-2-1-3-14(8-12)30-16-9-15(21(25,26)27)17(35)32-31-16/h9-12,14H,1-8H2,(H,30,31)(H,32,35)/t12-,14-/m0/s1. The molecule has 2 aromatic rings. The van der Waals surface area contributed by atoms with Gasteiger partial charge in [-0.2, -0.15) is 31.4 Å². The van der Waals surface area contributed by atoms with Crippen LogP contribution in [0.5, 0.6) is 0 Å². The topological polar surface area (TPSA) is 107 Å². The van der Waals surface area contributed by atoms with Gasteiger partial charge < -0.3 is 15.1 Å². The molecular weight excluding hydrogens is 496 g/mol. The first-order valence-electron chi connectivity index (χ1n) is 11.3. The summed E-state index contributed by atoms with van der Waals surface area (Å²) in [5.74, 6) is -0.385. The van der Waals surface area contributed by atoms with Gasteiger partial charge in [-0.15, -0.1) is 0 Å². The molecule has 2 fully saturated rings. The van der Waals surface area contributed by atoms with E-state index in [-0.39, 0.29) is 29.6 Å². The quantitative estimate of drug-likeness (QED) is 0.599. The van der Waals surface area contributed by atoms with Crippen molar-refractivity contribution in [1.82, 2.24) is 25.1 Å². The molecule has 1 aliphatic heterocycles. The van der Waals surface area contributed by atoms with E-state index in [9.17, 15) is 35.9 Å². The Morgan fingerprint density at radius 1 is 1.00 bits per heavy atom. The number of carbonyl (C=O) groups excluding carboxylic acids is 1. The smallest absolute Gasteiger partial charge is 0.366 e. The Morgan fingerprint density at radius 3 is 2.28 bits per heavy atom. The van der Waals surface area contributed by atoms with Crippen molar-refractivity contribution in [3.05, 3.63) is 39.9 Å². The van der Waals surface area contributed by atoms with E-state index >= 15 is 0 Å². The SMILES string of the molecule is O=C([C@H]1CCC[C@H](Nc2cc(C(F)(F)F)c(=O)[nH]n2)C1)N1CCN(c2ncc(C(F)(F)F)cn2)CC1. The lowest BCUT2D eigenvalue weighted by atomic mass is 9.84. The zero-order chi connectivity index (χ0) is 26.1. The van der Waals surface area contributed by atoms with Crippen molar-refractivity contribution in [1.29, 1.82) is 0 Å². The van der Waals surface area contributed by atoms with Gasteiger partial charge in [0.15, 0.2) is 0 Å². The molecule has 2 aromatic heterocycles. The molecule has 0 aromatic carbocycles. The van der Waals surface area contributed by atoms with Crippen LogP contribution in [0.15, 0.2) is 23.3 Å². The number of aromatic nitrogens is 4. The molecule has 36 heavy (non-hydrogen) atoms. The number of anilines is 2. The highest BCUT2D eigenvalue weighted by Gasteiger charge is 2.36. The Bertz CT molecular complexity index is 1130. The van der Waals surface area contributed by atoms with Crippen molar-refractivity contribution in [2.45, 2.75) is 44.1 Å². The zero-order valence-corrected chi connectivity index (χ0v) is 18.9. The summed E-state index contributed by atoms with van der Waals surface area (Å²) in [4.78, 5) is 35.5. The summed E-state index contributed by atoms with van der Waals surface area (Å²) in [6.45, 7) is 1.39. The number of hydrogen-bond acceptors (Lipinski definition) is 7. The van der Waals surface area contributed by atoms with Crippen LogP contribution < -0.4 is 15.8 Å². The van der Waals surface area contributed by atoms with Gasteiger partial charge >= 0.3 is 12.4 Å². The molecule has 2 aliphatic rings. The predicted molar refractivity (Wildman–Crippen MR) is 115 cm³/mol. The Hall–Kier alpha value is -3.39. The van der Waals surface area contributed by atoms with Gasteiger partial charge in [0.05, 0.1) is 5.56 Å². The maximum atomic E-state index is 13.1. The molecular formula is C21H23F6N7O2. The maximum absolute atomic E-state index is 13.1. The Labute approximate surface area is 200 Å². The molecule has 0 unspecified atom stereocenters. The van der Waals surface area contributed by atoms with E-state index in [0.29, 0.717) is 57.9 Å². The second kappa shape index (κ2) is 9.93. The van der Waals surface area contributed by atoms with E-state index in [0.717, 1.165) is 12.4 Å². The van der Waals surface area contributed by atoms with E-state index in [1.54, 1.807) is 9.80 Å². The van der Waals surface area contributed by atoms with Gasteiger partial charge in [0, 0.05) is 56.6 Å². The first-order valence-corrected chi connectivity index (χ1v) is 11.3. The number of hydrogen-bond donors (Lipinski definition) is 2. The van der Waals surface area contributed by atoms with Crippen LogP contribution in [0.3, 0.4) is 0 Å². The summed E-state index contributed by atoms with van der Waals surface area (Å²) in [6, 6.07) is 0.362. The minimum absolute atomic E-state index is 0.0834. The molecule has 1 saturated heterocycles. The third kappa shape index (κ3) is 5.87. The molecule has 2 atom stereocenters. The molecule has 15 heteroatoms. The van der Waals surface area contributed by atoms with Crippen LogP contribution in [0, 0.1) is 5.92 Å². The summed E-state index contributed by atoms with van der Waals surface area (Å²) in [7, 11) is 0. The average molecular weight is 519 g/mol. The lowest BCUT2D eigenvalue weighted by Gasteiger charge is -2.38. The van der Waals surface area contributed by atoms with Gasteiger partial charge in [0.25, 0.3) is 5.56 Å². The second-order valence-corrected chi connectivity index (χ2v) is 8.78. The highest BCUT2D eigenvalue weighted by atomic mass is 19.4. The number of nitrogens with zero attached hydrogens (tertiary/aromatic N) is 5. The molecule has 1 aliphatic carbocycles. The van der Waals surface area contributed by atoms with Crippen molar-refractivity contribution in [2.24, 2.45) is 5.92 Å². The van der Waals surface area contributed by atoms with Crippen LogP contribution in [0.2, 0.25) is 0 Å². The summed E-state index contributed by atoms with van der Waals surface area (Å²) >= 11 is 0. The number of aromatic amines is 1. The summed E-state index contributed by atoms with van der Waals surface area (Å²) in [6.07, 6.45) is -5.55. The fourth-order valence-corrected chi connectivity index (χ4v) is 4.46. The number of carbonyl (C=O) groups is 1. The van der Waals surface area contributed by atoms with Crippen molar-refractivity contribution in [3.63, 3.8) is 0 Å². The molecule has 0 radical (unpaired) electrons. The number of halogens is 6. The number of alkyl halides is 6. The average Bonchev–Trinajstić information content (AvgIpc) is 2.84. The van der Waals surface area contributed by atoms with E-state index < -0.39 is 29.0 Å². The van der Waals surface area contributed by atoms with Gasteiger partial charge in [0.1, 0.15) is 11.4 Å². The second-order valence-electron chi connectivity index (χ2n) is 8.78. The fourth-order valence-electron chi connectivity index (χ4n) is 4.46. The predicted octanol–water partition coefficient (Wildman–Crippen LogP) is 2.92. The molecule has 196 valence electrons. The van der Waals surface area contributed by atoms with Gasteiger partial charge in [-0.1, -0.05) is 6.42 Å². The largest absolute Gasteiger partial charge is 0.421 e. The van der Waals surface area contributed by atoms with Crippen LogP contribution in [-0.2, 0) is 17.1 Å². The number of H-pyrrole nitrogens is 1.